The summed E-state index contributed by atoms with van der Waals surface area (Å²) in [6, 6.07) is 10.7. The summed E-state index contributed by atoms with van der Waals surface area (Å²) in [6.45, 7) is 5.92. The first-order valence-electron chi connectivity index (χ1n) is 7.36. The second-order valence-corrected chi connectivity index (χ2v) is 5.41. The van der Waals surface area contributed by atoms with Crippen LogP contribution in [-0.4, -0.2) is 5.78 Å². The average molecular weight is 258 g/mol. The van der Waals surface area contributed by atoms with Gasteiger partial charge in [-0.25, -0.2) is 0 Å². The third-order valence-corrected chi connectivity index (χ3v) is 3.45. The zero-order valence-corrected chi connectivity index (χ0v) is 12.5. The van der Waals surface area contributed by atoms with Crippen molar-refractivity contribution >= 4 is 5.78 Å². The van der Waals surface area contributed by atoms with E-state index in [4.69, 9.17) is 0 Å². The fourth-order valence-corrected chi connectivity index (χ4v) is 2.55. The number of unbranched alkanes of at least 4 members (excludes halogenated alkanes) is 2. The van der Waals surface area contributed by atoms with Crippen LogP contribution >= 0.6 is 0 Å². The van der Waals surface area contributed by atoms with Crippen molar-refractivity contribution in [3.63, 3.8) is 0 Å². The van der Waals surface area contributed by atoms with Gasteiger partial charge in [0.25, 0.3) is 0 Å². The second-order valence-electron chi connectivity index (χ2n) is 5.41. The van der Waals surface area contributed by atoms with Gasteiger partial charge < -0.3 is 0 Å². The van der Waals surface area contributed by atoms with Crippen LogP contribution in [0.2, 0.25) is 0 Å². The molecule has 0 saturated heterocycles. The highest BCUT2D eigenvalue weighted by Gasteiger charge is 2.11. The molecule has 0 aliphatic rings. The van der Waals surface area contributed by atoms with Crippen LogP contribution in [0.5, 0.6) is 0 Å². The number of carbonyl (C=O) groups is 1. The van der Waals surface area contributed by atoms with Gasteiger partial charge in [-0.05, 0) is 44.2 Å². The summed E-state index contributed by atoms with van der Waals surface area (Å²) in [5.41, 5.74) is 2.59. The minimum atomic E-state index is 0.151. The van der Waals surface area contributed by atoms with Gasteiger partial charge in [-0.15, -0.1) is 0 Å². The van der Waals surface area contributed by atoms with E-state index in [2.05, 4.69) is 44.2 Å². The van der Waals surface area contributed by atoms with E-state index in [-0.39, 0.29) is 5.78 Å². The molecule has 0 saturated carbocycles. The largest absolute Gasteiger partial charge is 0.295 e. The third-order valence-electron chi connectivity index (χ3n) is 3.45. The van der Waals surface area contributed by atoms with Crippen molar-refractivity contribution in [1.82, 2.24) is 0 Å². The van der Waals surface area contributed by atoms with E-state index in [0.717, 1.165) is 6.42 Å². The maximum absolute atomic E-state index is 11.2. The average Bonchev–Trinajstić information content (AvgIpc) is 2.38. The number of hydrogen-bond acceptors (Lipinski definition) is 1. The molecule has 0 aliphatic carbocycles. The Morgan fingerprint density at radius 3 is 2.42 bits per heavy atom. The molecule has 1 aromatic carbocycles. The fourth-order valence-electron chi connectivity index (χ4n) is 2.55. The summed E-state index contributed by atoms with van der Waals surface area (Å²) in [7, 11) is 0. The number of carbonyl (C=O) groups excluding carboxylic acids is 1. The number of ketones is 1. The van der Waals surface area contributed by atoms with Crippen molar-refractivity contribution in [2.24, 2.45) is 0 Å². The molecular formula is C18H26O. The lowest BCUT2D eigenvalue weighted by molar-refractivity contribution is -0.112. The summed E-state index contributed by atoms with van der Waals surface area (Å²) in [5.74, 6) is 0.696. The van der Waals surface area contributed by atoms with E-state index in [1.807, 2.05) is 0 Å². The Morgan fingerprint density at radius 1 is 1.16 bits per heavy atom. The van der Waals surface area contributed by atoms with Gasteiger partial charge in [0.1, 0.15) is 0 Å². The summed E-state index contributed by atoms with van der Waals surface area (Å²) in [5, 5.41) is 0. The Labute approximate surface area is 117 Å². The van der Waals surface area contributed by atoms with Crippen LogP contribution in [0.4, 0.5) is 0 Å². The zero-order valence-electron chi connectivity index (χ0n) is 12.5. The van der Waals surface area contributed by atoms with Crippen molar-refractivity contribution in [3.05, 3.63) is 47.5 Å². The Kier molecular flexibility index (Phi) is 7.17. The third kappa shape index (κ3) is 6.37. The van der Waals surface area contributed by atoms with Crippen molar-refractivity contribution in [2.45, 2.75) is 58.8 Å². The normalized spacial score (nSPS) is 13.3. The maximum atomic E-state index is 11.2. The van der Waals surface area contributed by atoms with Gasteiger partial charge in [-0.2, -0.15) is 0 Å². The molecule has 0 heterocycles. The molecule has 1 aromatic rings. The number of benzene rings is 1. The molecule has 19 heavy (non-hydrogen) atoms. The van der Waals surface area contributed by atoms with Gasteiger partial charge in [0.15, 0.2) is 5.78 Å². The van der Waals surface area contributed by atoms with Crippen LogP contribution in [0.3, 0.4) is 0 Å². The number of allylic oxidation sites excluding steroid dienone is 2. The van der Waals surface area contributed by atoms with E-state index in [0.29, 0.717) is 5.92 Å². The van der Waals surface area contributed by atoms with Gasteiger partial charge in [0.2, 0.25) is 0 Å². The predicted molar refractivity (Wildman–Crippen MR) is 82.4 cm³/mol. The molecule has 0 amide bonds. The van der Waals surface area contributed by atoms with Crippen molar-refractivity contribution < 1.29 is 4.79 Å². The molecule has 0 fully saturated rings. The molecule has 0 unspecified atom stereocenters. The summed E-state index contributed by atoms with van der Waals surface area (Å²) < 4.78 is 0. The highest BCUT2D eigenvalue weighted by Crippen LogP contribution is 2.28. The van der Waals surface area contributed by atoms with Gasteiger partial charge in [0, 0.05) is 0 Å². The summed E-state index contributed by atoms with van der Waals surface area (Å²) >= 11 is 0. The van der Waals surface area contributed by atoms with Crippen LogP contribution in [0.15, 0.2) is 42.0 Å². The second kappa shape index (κ2) is 8.68. The SMILES string of the molecule is CCCCC[C@H](C/C(C)=C/C(C)=O)c1ccccc1. The number of hydrogen-bond donors (Lipinski definition) is 0. The van der Waals surface area contributed by atoms with Crippen molar-refractivity contribution in [1.29, 1.82) is 0 Å². The standard InChI is InChI=1S/C18H26O/c1-4-5-7-12-18(14-15(2)13-16(3)19)17-10-8-6-9-11-17/h6,8-11,13,18H,4-5,7,12,14H2,1-3H3/b15-13+/t18-/m1/s1. The van der Waals surface area contributed by atoms with Gasteiger partial charge in [0.05, 0.1) is 0 Å². The van der Waals surface area contributed by atoms with Crippen LogP contribution < -0.4 is 0 Å². The highest BCUT2D eigenvalue weighted by atomic mass is 16.1. The lowest BCUT2D eigenvalue weighted by atomic mass is 9.87. The molecule has 0 radical (unpaired) electrons. The van der Waals surface area contributed by atoms with Crippen LogP contribution in [-0.2, 0) is 4.79 Å². The molecule has 1 nitrogen and oxygen atoms in total. The Bertz CT molecular complexity index is 403. The minimum Gasteiger partial charge on any atom is -0.295 e. The van der Waals surface area contributed by atoms with Gasteiger partial charge in [-0.3, -0.25) is 4.79 Å². The maximum Gasteiger partial charge on any atom is 0.152 e. The predicted octanol–water partition coefficient (Wildman–Crippen LogP) is 5.28. The molecule has 104 valence electrons. The monoisotopic (exact) mass is 258 g/mol. The first kappa shape index (κ1) is 15.7. The molecular weight excluding hydrogens is 232 g/mol. The van der Waals surface area contributed by atoms with Crippen molar-refractivity contribution in [3.8, 4) is 0 Å². The lowest BCUT2D eigenvalue weighted by Gasteiger charge is -2.17. The summed E-state index contributed by atoms with van der Waals surface area (Å²) in [6.07, 6.45) is 7.79. The van der Waals surface area contributed by atoms with E-state index in [1.54, 1.807) is 13.0 Å². The van der Waals surface area contributed by atoms with Crippen LogP contribution in [0.25, 0.3) is 0 Å². The molecule has 1 atom stereocenters. The van der Waals surface area contributed by atoms with E-state index in [1.165, 1.54) is 36.8 Å². The van der Waals surface area contributed by atoms with Crippen LogP contribution in [0, 0.1) is 0 Å². The molecule has 0 N–H and O–H groups in total. The van der Waals surface area contributed by atoms with Crippen LogP contribution in [0.1, 0.15) is 64.4 Å². The molecule has 0 bridgehead atoms. The number of rotatable bonds is 8. The lowest BCUT2D eigenvalue weighted by Crippen LogP contribution is -2.01. The van der Waals surface area contributed by atoms with Gasteiger partial charge in [-0.1, -0.05) is 62.1 Å². The topological polar surface area (TPSA) is 17.1 Å². The molecule has 1 heteroatoms. The van der Waals surface area contributed by atoms with E-state index in [9.17, 15) is 4.79 Å². The van der Waals surface area contributed by atoms with Crippen molar-refractivity contribution in [2.75, 3.05) is 0 Å². The molecule has 0 aromatic heterocycles. The van der Waals surface area contributed by atoms with E-state index < -0.39 is 0 Å². The smallest absolute Gasteiger partial charge is 0.152 e. The van der Waals surface area contributed by atoms with Gasteiger partial charge >= 0.3 is 0 Å². The first-order chi connectivity index (χ1) is 9.13. The minimum absolute atomic E-state index is 0.151. The fraction of sp³-hybridized carbons (Fsp3) is 0.500. The summed E-state index contributed by atoms with van der Waals surface area (Å²) in [4.78, 5) is 11.2. The molecule has 1 rings (SSSR count). The first-order valence-corrected chi connectivity index (χ1v) is 7.36. The Morgan fingerprint density at radius 2 is 1.84 bits per heavy atom. The zero-order chi connectivity index (χ0) is 14.1. The van der Waals surface area contributed by atoms with E-state index >= 15 is 0 Å². The Hall–Kier alpha value is -1.37. The molecule has 0 spiro atoms. The highest BCUT2D eigenvalue weighted by molar-refractivity contribution is 5.87. The molecule has 0 aliphatic heterocycles. The quantitative estimate of drug-likeness (QED) is 0.458. The Balaban J connectivity index is 2.72.